The van der Waals surface area contributed by atoms with E-state index in [0.29, 0.717) is 31.7 Å². The van der Waals surface area contributed by atoms with Gasteiger partial charge in [-0.15, -0.1) is 0 Å². The number of aryl methyl sites for hydroxylation is 2. The first-order valence-electron chi connectivity index (χ1n) is 9.31. The van der Waals surface area contributed by atoms with Gasteiger partial charge in [0, 0.05) is 46.1 Å². The summed E-state index contributed by atoms with van der Waals surface area (Å²) in [6.07, 6.45) is 2.58. The first-order chi connectivity index (χ1) is 13.7. The van der Waals surface area contributed by atoms with Gasteiger partial charge in [-0.25, -0.2) is 8.78 Å². The van der Waals surface area contributed by atoms with Crippen LogP contribution in [0.25, 0.3) is 0 Å². The maximum atomic E-state index is 13.3. The Kier molecular flexibility index (Phi) is 4.64. The molecule has 0 aromatic carbocycles. The van der Waals surface area contributed by atoms with Gasteiger partial charge in [0.25, 0.3) is 12.3 Å². The minimum atomic E-state index is -2.82. The molecular weight excluding hydrogens is 384 g/mol. The number of aromatic nitrogens is 4. The summed E-state index contributed by atoms with van der Waals surface area (Å²) in [6, 6.07) is 0. The predicted octanol–water partition coefficient (Wildman–Crippen LogP) is 0.655. The second-order valence-electron chi connectivity index (χ2n) is 7.81. The van der Waals surface area contributed by atoms with Crippen LogP contribution in [0.1, 0.15) is 28.9 Å². The maximum Gasteiger partial charge on any atom is 0.282 e. The molecule has 2 aliphatic heterocycles. The lowest BCUT2D eigenvalue weighted by Crippen LogP contribution is -2.64. The standard InChI is InChI=1S/C18H23F2N7O2/c1-23-9-14(28)27(12-6-21-24(2)7-12)11-18(23)4-5-26(10-18)17(29)13-8-25(3)22-15(13)16(19)20/h6-8,16H,4-5,9-11H2,1-3H3/t18-/m0/s1. The molecule has 2 saturated heterocycles. The van der Waals surface area contributed by atoms with Gasteiger partial charge in [0.05, 0.1) is 29.5 Å². The van der Waals surface area contributed by atoms with Crippen molar-refractivity contribution in [3.05, 3.63) is 29.8 Å². The van der Waals surface area contributed by atoms with Gasteiger partial charge >= 0.3 is 0 Å². The number of hydrogen-bond acceptors (Lipinski definition) is 5. The number of likely N-dealkylation sites (N-methyl/N-ethyl adjacent to an activating group) is 1. The molecule has 0 radical (unpaired) electrons. The van der Waals surface area contributed by atoms with Crippen LogP contribution in [-0.2, 0) is 18.9 Å². The fourth-order valence-electron chi connectivity index (χ4n) is 4.21. The molecule has 2 amide bonds. The van der Waals surface area contributed by atoms with Crippen molar-refractivity contribution >= 4 is 17.5 Å². The molecule has 0 saturated carbocycles. The highest BCUT2D eigenvalue weighted by molar-refractivity contribution is 5.97. The van der Waals surface area contributed by atoms with E-state index in [1.807, 2.05) is 11.9 Å². The summed E-state index contributed by atoms with van der Waals surface area (Å²) < 4.78 is 29.4. The third-order valence-corrected chi connectivity index (χ3v) is 5.85. The van der Waals surface area contributed by atoms with E-state index in [-0.39, 0.29) is 18.0 Å². The minimum absolute atomic E-state index is 0.0388. The Bertz CT molecular complexity index is 956. The summed E-state index contributed by atoms with van der Waals surface area (Å²) in [5, 5.41) is 7.87. The third kappa shape index (κ3) is 3.28. The van der Waals surface area contributed by atoms with Crippen LogP contribution >= 0.6 is 0 Å². The SMILES string of the molecule is CN1CC(=O)N(c2cnn(C)c2)C[C@@]12CCN(C(=O)c1cn(C)nc1C(F)F)C2. The Morgan fingerprint density at radius 3 is 2.59 bits per heavy atom. The number of amides is 2. The van der Waals surface area contributed by atoms with Gasteiger partial charge in [0.15, 0.2) is 0 Å². The fourth-order valence-corrected chi connectivity index (χ4v) is 4.21. The van der Waals surface area contributed by atoms with E-state index >= 15 is 0 Å². The zero-order chi connectivity index (χ0) is 20.9. The van der Waals surface area contributed by atoms with Crippen molar-refractivity contribution < 1.29 is 18.4 Å². The first kappa shape index (κ1) is 19.5. The monoisotopic (exact) mass is 407 g/mol. The molecule has 1 spiro atoms. The molecule has 4 heterocycles. The summed E-state index contributed by atoms with van der Waals surface area (Å²) in [6.45, 7) is 1.40. The predicted molar refractivity (Wildman–Crippen MR) is 99.6 cm³/mol. The van der Waals surface area contributed by atoms with Gasteiger partial charge in [-0.3, -0.25) is 23.9 Å². The van der Waals surface area contributed by atoms with Crippen molar-refractivity contribution in [1.82, 2.24) is 29.4 Å². The van der Waals surface area contributed by atoms with E-state index < -0.39 is 23.6 Å². The van der Waals surface area contributed by atoms with Crippen LogP contribution in [0, 0.1) is 0 Å². The molecule has 11 heteroatoms. The van der Waals surface area contributed by atoms with Gasteiger partial charge < -0.3 is 9.80 Å². The van der Waals surface area contributed by atoms with Crippen molar-refractivity contribution in [3.63, 3.8) is 0 Å². The number of alkyl halides is 2. The molecule has 2 aliphatic rings. The second kappa shape index (κ2) is 6.90. The average molecular weight is 407 g/mol. The molecular formula is C18H23F2N7O2. The number of likely N-dealkylation sites (tertiary alicyclic amines) is 1. The molecule has 9 nitrogen and oxygen atoms in total. The normalized spacial score (nSPS) is 23.0. The average Bonchev–Trinajstić information content (AvgIpc) is 3.37. The molecule has 4 rings (SSSR count). The van der Waals surface area contributed by atoms with E-state index in [1.54, 1.807) is 33.9 Å². The Morgan fingerprint density at radius 1 is 1.17 bits per heavy atom. The number of carbonyl (C=O) groups is 2. The second-order valence-corrected chi connectivity index (χ2v) is 7.81. The molecule has 0 N–H and O–H groups in total. The molecule has 1 atom stereocenters. The van der Waals surface area contributed by atoms with Crippen molar-refractivity contribution in [3.8, 4) is 0 Å². The molecule has 156 valence electrons. The molecule has 2 fully saturated rings. The number of halogens is 2. The highest BCUT2D eigenvalue weighted by atomic mass is 19.3. The number of rotatable bonds is 3. The topological polar surface area (TPSA) is 79.5 Å². The molecule has 0 unspecified atom stereocenters. The summed E-state index contributed by atoms with van der Waals surface area (Å²) >= 11 is 0. The molecule has 0 aliphatic carbocycles. The summed E-state index contributed by atoms with van der Waals surface area (Å²) in [4.78, 5) is 30.8. The van der Waals surface area contributed by atoms with Crippen molar-refractivity contribution in [2.75, 3.05) is 38.1 Å². The van der Waals surface area contributed by atoms with Gasteiger partial charge in [0.1, 0.15) is 5.69 Å². The van der Waals surface area contributed by atoms with Gasteiger partial charge in [0.2, 0.25) is 5.91 Å². The van der Waals surface area contributed by atoms with Crippen LogP contribution < -0.4 is 4.90 Å². The zero-order valence-electron chi connectivity index (χ0n) is 16.5. The maximum absolute atomic E-state index is 13.3. The largest absolute Gasteiger partial charge is 0.337 e. The minimum Gasteiger partial charge on any atom is -0.337 e. The quantitative estimate of drug-likeness (QED) is 0.747. The van der Waals surface area contributed by atoms with E-state index in [4.69, 9.17) is 0 Å². The Labute approximate surface area is 166 Å². The highest BCUT2D eigenvalue weighted by Gasteiger charge is 2.49. The molecule has 29 heavy (non-hydrogen) atoms. The van der Waals surface area contributed by atoms with E-state index in [9.17, 15) is 18.4 Å². The zero-order valence-corrected chi connectivity index (χ0v) is 16.5. The van der Waals surface area contributed by atoms with Crippen LogP contribution in [-0.4, -0.2) is 79.9 Å². The number of piperazine rings is 1. The lowest BCUT2D eigenvalue weighted by atomic mass is 9.93. The van der Waals surface area contributed by atoms with Crippen LogP contribution in [0.2, 0.25) is 0 Å². The summed E-state index contributed by atoms with van der Waals surface area (Å²) in [5.41, 5.74) is -0.296. The number of nitrogens with zero attached hydrogens (tertiary/aromatic N) is 7. The number of anilines is 1. The first-order valence-corrected chi connectivity index (χ1v) is 9.31. The number of carbonyl (C=O) groups excluding carboxylic acids is 2. The van der Waals surface area contributed by atoms with E-state index in [1.165, 1.54) is 17.9 Å². The van der Waals surface area contributed by atoms with E-state index in [0.717, 1.165) is 0 Å². The lowest BCUT2D eigenvalue weighted by molar-refractivity contribution is -0.123. The Hall–Kier alpha value is -2.82. The van der Waals surface area contributed by atoms with Crippen LogP contribution in [0.4, 0.5) is 14.5 Å². The third-order valence-electron chi connectivity index (χ3n) is 5.85. The van der Waals surface area contributed by atoms with Crippen molar-refractivity contribution in [2.45, 2.75) is 18.4 Å². The smallest absolute Gasteiger partial charge is 0.282 e. The van der Waals surface area contributed by atoms with Gasteiger partial charge in [-0.2, -0.15) is 10.2 Å². The molecule has 0 bridgehead atoms. The van der Waals surface area contributed by atoms with Crippen LogP contribution in [0.3, 0.4) is 0 Å². The number of hydrogen-bond donors (Lipinski definition) is 0. The van der Waals surface area contributed by atoms with Crippen LogP contribution in [0.5, 0.6) is 0 Å². The summed E-state index contributed by atoms with van der Waals surface area (Å²) in [5.74, 6) is -0.494. The summed E-state index contributed by atoms with van der Waals surface area (Å²) in [7, 11) is 5.16. The van der Waals surface area contributed by atoms with E-state index in [2.05, 4.69) is 10.2 Å². The van der Waals surface area contributed by atoms with Gasteiger partial charge in [-0.05, 0) is 13.5 Å². The Morgan fingerprint density at radius 2 is 1.93 bits per heavy atom. The fraction of sp³-hybridized carbons (Fsp3) is 0.556. The molecule has 2 aromatic heterocycles. The van der Waals surface area contributed by atoms with Gasteiger partial charge in [-0.1, -0.05) is 0 Å². The molecule has 2 aromatic rings. The van der Waals surface area contributed by atoms with Crippen LogP contribution in [0.15, 0.2) is 18.6 Å². The lowest BCUT2D eigenvalue weighted by Gasteiger charge is -2.46. The Balaban J connectivity index is 1.57. The van der Waals surface area contributed by atoms with Crippen molar-refractivity contribution in [2.24, 2.45) is 14.1 Å². The highest BCUT2D eigenvalue weighted by Crippen LogP contribution is 2.34. The van der Waals surface area contributed by atoms with Crippen molar-refractivity contribution in [1.29, 1.82) is 0 Å².